The Kier molecular flexibility index (Phi) is 18.5. The van der Waals surface area contributed by atoms with Gasteiger partial charge in [-0.3, -0.25) is 4.79 Å². The summed E-state index contributed by atoms with van der Waals surface area (Å²) in [7, 11) is 3.25. The van der Waals surface area contributed by atoms with Gasteiger partial charge in [-0.25, -0.2) is 0 Å². The van der Waals surface area contributed by atoms with Gasteiger partial charge in [0.05, 0.1) is 0 Å². The molecule has 1 saturated carbocycles. The highest BCUT2D eigenvalue weighted by Crippen LogP contribution is 2.30. The largest absolute Gasteiger partial charge is 0.388 e. The van der Waals surface area contributed by atoms with Gasteiger partial charge in [-0.1, -0.05) is 50.6 Å². The van der Waals surface area contributed by atoms with Crippen molar-refractivity contribution in [3.8, 4) is 0 Å². The van der Waals surface area contributed by atoms with Crippen LogP contribution in [-0.4, -0.2) is 26.3 Å². The summed E-state index contributed by atoms with van der Waals surface area (Å²) in [5, 5.41) is 0. The van der Waals surface area contributed by atoms with E-state index in [1.807, 2.05) is 6.07 Å². The van der Waals surface area contributed by atoms with Crippen molar-refractivity contribution in [2.75, 3.05) is 20.5 Å². The van der Waals surface area contributed by atoms with Gasteiger partial charge < -0.3 is 4.74 Å². The molecule has 1 aliphatic rings. The molecule has 0 saturated heterocycles. The smallest absolute Gasteiger partial charge is 0.132 e. The molecule has 1 aliphatic carbocycles. The van der Waals surface area contributed by atoms with Crippen LogP contribution in [0.1, 0.15) is 57.4 Å². The van der Waals surface area contributed by atoms with Crippen molar-refractivity contribution < 1.29 is 9.53 Å². The first-order chi connectivity index (χ1) is 10.2. The van der Waals surface area contributed by atoms with Crippen LogP contribution in [0.2, 0.25) is 0 Å². The Bertz CT molecular complexity index is 313. The fourth-order valence-corrected chi connectivity index (χ4v) is 2.00. The second-order valence-electron chi connectivity index (χ2n) is 4.84. The van der Waals surface area contributed by atoms with E-state index in [2.05, 4.69) is 55.5 Å². The number of carbonyl (C=O) groups is 1. The average molecular weight is 313 g/mol. The lowest BCUT2D eigenvalue weighted by molar-refractivity contribution is -0.120. The summed E-state index contributed by atoms with van der Waals surface area (Å²) < 4.78 is 4.25. The average Bonchev–Trinajstić information content (AvgIpc) is 2.52. The molecule has 0 aliphatic heterocycles. The molecule has 0 atom stereocenters. The number of ether oxygens (including phenoxy) is 1. The Morgan fingerprint density at radius 2 is 1.43 bits per heavy atom. The van der Waals surface area contributed by atoms with Crippen molar-refractivity contribution in [1.29, 1.82) is 0 Å². The van der Waals surface area contributed by atoms with Gasteiger partial charge in [-0.2, -0.15) is 12.6 Å². The normalized spacial score (nSPS) is 13.7. The molecule has 1 aromatic carbocycles. The summed E-state index contributed by atoms with van der Waals surface area (Å²) in [6.45, 7) is 4.25. The molecule has 122 valence electrons. The van der Waals surface area contributed by atoms with Crippen molar-refractivity contribution in [2.24, 2.45) is 0 Å². The number of rotatable bonds is 1. The predicted molar refractivity (Wildman–Crippen MR) is 96.5 cm³/mol. The van der Waals surface area contributed by atoms with Crippen LogP contribution in [0.15, 0.2) is 30.3 Å². The number of carbonyl (C=O) groups excluding carboxylic acids is 1. The van der Waals surface area contributed by atoms with Crippen molar-refractivity contribution >= 4 is 18.4 Å². The van der Waals surface area contributed by atoms with Gasteiger partial charge in [0.25, 0.3) is 0 Å². The minimum Gasteiger partial charge on any atom is -0.388 e. The van der Waals surface area contributed by atoms with E-state index in [0.717, 1.165) is 25.7 Å². The second kappa shape index (κ2) is 17.3. The second-order valence-corrected chi connectivity index (χ2v) is 4.84. The summed E-state index contributed by atoms with van der Waals surface area (Å²) in [6.07, 6.45) is 6.59. The lowest BCUT2D eigenvalue weighted by Gasteiger charge is -2.20. The Balaban J connectivity index is 0. The van der Waals surface area contributed by atoms with E-state index in [-0.39, 0.29) is 0 Å². The number of hydrogen-bond donors (Lipinski definition) is 1. The summed E-state index contributed by atoms with van der Waals surface area (Å²) in [5.41, 5.74) is 1.40. The quantitative estimate of drug-likeness (QED) is 0.727. The fourth-order valence-electron chi connectivity index (χ4n) is 2.00. The number of hydrogen-bond acceptors (Lipinski definition) is 3. The molecule has 0 aromatic heterocycles. The Labute approximate surface area is 136 Å². The van der Waals surface area contributed by atoms with Crippen molar-refractivity contribution in [3.63, 3.8) is 0 Å². The van der Waals surface area contributed by atoms with Gasteiger partial charge in [-0.15, -0.1) is 0 Å². The highest BCUT2D eigenvalue weighted by atomic mass is 32.1. The zero-order chi connectivity index (χ0) is 16.5. The first-order valence-corrected chi connectivity index (χ1v) is 8.50. The number of methoxy groups -OCH3 is 1. The topological polar surface area (TPSA) is 26.3 Å². The van der Waals surface area contributed by atoms with E-state index in [1.165, 1.54) is 12.0 Å². The zero-order valence-corrected chi connectivity index (χ0v) is 15.2. The summed E-state index contributed by atoms with van der Waals surface area (Å²) in [6, 6.07) is 10.5. The number of Topliss-reactive ketones (excluding diaryl/α,β-unsaturated/α-hetero) is 1. The summed E-state index contributed by atoms with van der Waals surface area (Å²) in [4.78, 5) is 11.0. The molecule has 0 spiro atoms. The van der Waals surface area contributed by atoms with E-state index in [0.29, 0.717) is 11.7 Å². The molecule has 1 fully saturated rings. The first kappa shape index (κ1) is 22.5. The fraction of sp³-hybridized carbons (Fsp3) is 0.611. The number of ketones is 1. The maximum atomic E-state index is 11.0. The van der Waals surface area contributed by atoms with E-state index in [1.54, 1.807) is 20.5 Å². The molecule has 2 rings (SSSR count). The third-order valence-corrected chi connectivity index (χ3v) is 2.81. The minimum absolute atomic E-state index is 0.437. The molecular weight excluding hydrogens is 280 g/mol. The third kappa shape index (κ3) is 12.6. The minimum atomic E-state index is 0.437. The van der Waals surface area contributed by atoms with Crippen LogP contribution in [0, 0.1) is 0 Å². The molecule has 0 bridgehead atoms. The van der Waals surface area contributed by atoms with Crippen LogP contribution in [-0.2, 0) is 9.53 Å². The molecule has 0 amide bonds. The summed E-state index contributed by atoms with van der Waals surface area (Å²) >= 11 is 3.53. The third-order valence-electron chi connectivity index (χ3n) is 2.81. The van der Waals surface area contributed by atoms with Gasteiger partial charge in [0, 0.05) is 27.1 Å². The van der Waals surface area contributed by atoms with Crippen LogP contribution in [0.4, 0.5) is 0 Å². The Morgan fingerprint density at radius 1 is 1.05 bits per heavy atom. The van der Waals surface area contributed by atoms with E-state index < -0.39 is 0 Å². The molecule has 0 N–H and O–H groups in total. The Hall–Kier alpha value is -0.800. The SMILES string of the molecule is CCC.COC.CS.O=C1CCC(c2ccccc2)CC1. The van der Waals surface area contributed by atoms with Crippen LogP contribution in [0.25, 0.3) is 0 Å². The highest BCUT2D eigenvalue weighted by Gasteiger charge is 2.19. The van der Waals surface area contributed by atoms with Gasteiger partial charge in [0.2, 0.25) is 0 Å². The predicted octanol–water partition coefficient (Wildman–Crippen LogP) is 5.14. The van der Waals surface area contributed by atoms with Crippen LogP contribution in [0.5, 0.6) is 0 Å². The van der Waals surface area contributed by atoms with Crippen LogP contribution < -0.4 is 0 Å². The molecule has 0 unspecified atom stereocenters. The zero-order valence-electron chi connectivity index (χ0n) is 14.3. The van der Waals surface area contributed by atoms with Gasteiger partial charge in [0.15, 0.2) is 0 Å². The molecule has 0 heterocycles. The van der Waals surface area contributed by atoms with Crippen molar-refractivity contribution in [3.05, 3.63) is 35.9 Å². The van der Waals surface area contributed by atoms with Crippen molar-refractivity contribution in [1.82, 2.24) is 0 Å². The molecular formula is C18H32O2S. The van der Waals surface area contributed by atoms with E-state index in [4.69, 9.17) is 0 Å². The monoisotopic (exact) mass is 312 g/mol. The summed E-state index contributed by atoms with van der Waals surface area (Å²) in [5.74, 6) is 1.06. The molecule has 0 radical (unpaired) electrons. The molecule has 3 heteroatoms. The van der Waals surface area contributed by atoms with Gasteiger partial charge >= 0.3 is 0 Å². The lowest BCUT2D eigenvalue weighted by Crippen LogP contribution is -2.12. The maximum absolute atomic E-state index is 11.0. The maximum Gasteiger partial charge on any atom is 0.132 e. The molecule has 2 nitrogen and oxygen atoms in total. The standard InChI is InChI=1S/C12H14O.C3H8.C2H6O.CH4S/c13-12-8-6-11(7-9-12)10-4-2-1-3-5-10;2*1-3-2;1-2/h1-5,11H,6-9H2;3H2,1-2H3;1-2H3;2H,1H3. The van der Waals surface area contributed by atoms with E-state index >= 15 is 0 Å². The van der Waals surface area contributed by atoms with E-state index in [9.17, 15) is 4.79 Å². The highest BCUT2D eigenvalue weighted by molar-refractivity contribution is 7.79. The number of benzene rings is 1. The first-order valence-electron chi connectivity index (χ1n) is 7.61. The van der Waals surface area contributed by atoms with Crippen LogP contribution in [0.3, 0.4) is 0 Å². The van der Waals surface area contributed by atoms with Crippen LogP contribution >= 0.6 is 12.6 Å². The van der Waals surface area contributed by atoms with Crippen molar-refractivity contribution in [2.45, 2.75) is 51.9 Å². The lowest BCUT2D eigenvalue weighted by atomic mass is 9.84. The van der Waals surface area contributed by atoms with Gasteiger partial charge in [-0.05, 0) is 30.6 Å². The van der Waals surface area contributed by atoms with Gasteiger partial charge in [0.1, 0.15) is 5.78 Å². The number of thiol groups is 1. The molecule has 21 heavy (non-hydrogen) atoms. The molecule has 1 aromatic rings. The Morgan fingerprint density at radius 3 is 1.81 bits per heavy atom.